The highest BCUT2D eigenvalue weighted by Gasteiger charge is 2.31. The maximum Gasteiger partial charge on any atom is 0.416 e. The zero-order valence-corrected chi connectivity index (χ0v) is 12.3. The van der Waals surface area contributed by atoms with Crippen molar-refractivity contribution in [2.24, 2.45) is 0 Å². The number of alkyl halides is 3. The third kappa shape index (κ3) is 3.60. The van der Waals surface area contributed by atoms with Gasteiger partial charge in [-0.15, -0.1) is 0 Å². The number of benzene rings is 1. The van der Waals surface area contributed by atoms with Crippen molar-refractivity contribution in [3.8, 4) is 11.3 Å². The van der Waals surface area contributed by atoms with Gasteiger partial charge in [0.05, 0.1) is 16.6 Å². The van der Waals surface area contributed by atoms with Crippen molar-refractivity contribution < 1.29 is 17.6 Å². The van der Waals surface area contributed by atoms with Crippen molar-refractivity contribution in [1.29, 1.82) is 0 Å². The van der Waals surface area contributed by atoms with E-state index >= 15 is 0 Å². The first-order chi connectivity index (χ1) is 9.82. The van der Waals surface area contributed by atoms with Crippen molar-refractivity contribution in [3.05, 3.63) is 46.7 Å². The van der Waals surface area contributed by atoms with Crippen LogP contribution in [0.25, 0.3) is 11.3 Å². The molecule has 0 bridgehead atoms. The van der Waals surface area contributed by atoms with E-state index in [1.165, 1.54) is 6.07 Å². The Hall–Kier alpha value is -1.46. The molecule has 0 saturated heterocycles. The topological polar surface area (TPSA) is 25.2 Å². The summed E-state index contributed by atoms with van der Waals surface area (Å²) < 4.78 is 43.5. The van der Waals surface area contributed by atoms with Crippen LogP contribution in [0.3, 0.4) is 0 Å². The summed E-state index contributed by atoms with van der Waals surface area (Å²) in [7, 11) is 0. The largest absolute Gasteiger partial charge is 0.459 e. The van der Waals surface area contributed by atoms with Crippen molar-refractivity contribution in [3.63, 3.8) is 0 Å². The molecule has 1 aromatic heterocycles. The third-order valence-corrected chi connectivity index (χ3v) is 3.44. The normalized spacial score (nSPS) is 13.4. The first-order valence-corrected chi connectivity index (χ1v) is 6.91. The van der Waals surface area contributed by atoms with Gasteiger partial charge >= 0.3 is 6.18 Å². The molecule has 0 saturated carbocycles. The van der Waals surface area contributed by atoms with Crippen LogP contribution in [0.15, 0.2) is 34.7 Å². The summed E-state index contributed by atoms with van der Waals surface area (Å²) in [4.78, 5) is 0. The molecule has 1 unspecified atom stereocenters. The molecule has 0 aliphatic rings. The van der Waals surface area contributed by atoms with E-state index in [4.69, 9.17) is 16.0 Å². The van der Waals surface area contributed by atoms with Gasteiger partial charge in [0, 0.05) is 5.56 Å². The van der Waals surface area contributed by atoms with Crippen LogP contribution in [0.5, 0.6) is 0 Å². The van der Waals surface area contributed by atoms with E-state index in [9.17, 15) is 13.2 Å². The number of furan rings is 1. The Morgan fingerprint density at radius 3 is 2.52 bits per heavy atom. The van der Waals surface area contributed by atoms with E-state index < -0.39 is 11.7 Å². The Morgan fingerprint density at radius 2 is 1.95 bits per heavy atom. The van der Waals surface area contributed by atoms with Crippen molar-refractivity contribution >= 4 is 11.6 Å². The molecule has 2 nitrogen and oxygen atoms in total. The van der Waals surface area contributed by atoms with Crippen LogP contribution in [0.1, 0.15) is 31.2 Å². The van der Waals surface area contributed by atoms with Gasteiger partial charge in [-0.1, -0.05) is 18.5 Å². The number of nitrogens with one attached hydrogen (secondary N) is 1. The van der Waals surface area contributed by atoms with E-state index in [0.717, 1.165) is 18.7 Å². The molecule has 21 heavy (non-hydrogen) atoms. The molecule has 2 rings (SSSR count). The number of rotatable bonds is 4. The molecular weight excluding hydrogens is 303 g/mol. The Morgan fingerprint density at radius 1 is 1.24 bits per heavy atom. The minimum absolute atomic E-state index is 0.0156. The van der Waals surface area contributed by atoms with Gasteiger partial charge in [0.25, 0.3) is 0 Å². The highest BCUT2D eigenvalue weighted by Crippen LogP contribution is 2.36. The molecule has 0 fully saturated rings. The lowest BCUT2D eigenvalue weighted by Gasteiger charge is -2.10. The molecule has 1 atom stereocenters. The lowest BCUT2D eigenvalue weighted by Crippen LogP contribution is -2.16. The summed E-state index contributed by atoms with van der Waals surface area (Å²) in [6.07, 6.45) is -4.41. The van der Waals surface area contributed by atoms with Gasteiger partial charge in [0.1, 0.15) is 11.5 Å². The fourth-order valence-corrected chi connectivity index (χ4v) is 2.30. The van der Waals surface area contributed by atoms with Gasteiger partial charge in [-0.3, -0.25) is 0 Å². The lowest BCUT2D eigenvalue weighted by atomic mass is 10.1. The highest BCUT2D eigenvalue weighted by atomic mass is 35.5. The van der Waals surface area contributed by atoms with Gasteiger partial charge in [-0.05, 0) is 43.8 Å². The SMILES string of the molecule is CCNC(C)c1ccc(-c2ccc(C(F)(F)F)cc2Cl)o1. The predicted octanol–water partition coefficient (Wildman–Crippen LogP) is 5.29. The van der Waals surface area contributed by atoms with Crippen LogP contribution in [-0.4, -0.2) is 6.54 Å². The molecule has 1 N–H and O–H groups in total. The van der Waals surface area contributed by atoms with E-state index in [1.807, 2.05) is 13.8 Å². The quantitative estimate of drug-likeness (QED) is 0.829. The van der Waals surface area contributed by atoms with E-state index in [0.29, 0.717) is 17.1 Å². The molecule has 0 spiro atoms. The van der Waals surface area contributed by atoms with E-state index in [1.54, 1.807) is 12.1 Å². The van der Waals surface area contributed by atoms with Crippen molar-refractivity contribution in [1.82, 2.24) is 5.32 Å². The second kappa shape index (κ2) is 6.12. The standard InChI is InChI=1S/C15H15ClF3NO/c1-3-20-9(2)13-6-7-14(21-13)11-5-4-10(8-12(11)16)15(17,18)19/h4-9,20H,3H2,1-2H3. The minimum atomic E-state index is -4.41. The van der Waals surface area contributed by atoms with Crippen LogP contribution in [0.4, 0.5) is 13.2 Å². The van der Waals surface area contributed by atoms with Gasteiger partial charge in [0.2, 0.25) is 0 Å². The molecular formula is C15H15ClF3NO. The Labute approximate surface area is 125 Å². The lowest BCUT2D eigenvalue weighted by molar-refractivity contribution is -0.137. The molecule has 2 aromatic rings. The molecule has 114 valence electrons. The first-order valence-electron chi connectivity index (χ1n) is 6.53. The zero-order valence-electron chi connectivity index (χ0n) is 11.6. The van der Waals surface area contributed by atoms with Crippen LogP contribution < -0.4 is 5.32 Å². The van der Waals surface area contributed by atoms with Crippen LogP contribution >= 0.6 is 11.6 Å². The summed E-state index contributed by atoms with van der Waals surface area (Å²) in [6.45, 7) is 4.71. The molecule has 0 aliphatic heterocycles. The second-order valence-electron chi connectivity index (χ2n) is 4.67. The zero-order chi connectivity index (χ0) is 15.6. The van der Waals surface area contributed by atoms with E-state index in [2.05, 4.69) is 5.32 Å². The minimum Gasteiger partial charge on any atom is -0.459 e. The molecule has 0 radical (unpaired) electrons. The van der Waals surface area contributed by atoms with Gasteiger partial charge in [-0.2, -0.15) is 13.2 Å². The third-order valence-electron chi connectivity index (χ3n) is 3.13. The maximum atomic E-state index is 12.6. The van der Waals surface area contributed by atoms with Crippen molar-refractivity contribution in [2.75, 3.05) is 6.54 Å². The fraction of sp³-hybridized carbons (Fsp3) is 0.333. The second-order valence-corrected chi connectivity index (χ2v) is 5.08. The highest BCUT2D eigenvalue weighted by molar-refractivity contribution is 6.33. The van der Waals surface area contributed by atoms with Gasteiger partial charge in [0.15, 0.2) is 0 Å². The average molecular weight is 318 g/mol. The Bertz CT molecular complexity index is 622. The summed E-state index contributed by atoms with van der Waals surface area (Å²) in [5.41, 5.74) is -0.330. The molecule has 6 heteroatoms. The Kier molecular flexibility index (Phi) is 4.64. The first kappa shape index (κ1) is 15.9. The molecule has 0 amide bonds. The number of hydrogen-bond donors (Lipinski definition) is 1. The molecule has 1 aromatic carbocycles. The van der Waals surface area contributed by atoms with E-state index in [-0.39, 0.29) is 11.1 Å². The molecule has 0 aliphatic carbocycles. The van der Waals surface area contributed by atoms with Gasteiger partial charge in [-0.25, -0.2) is 0 Å². The smallest absolute Gasteiger partial charge is 0.416 e. The summed E-state index contributed by atoms with van der Waals surface area (Å²) in [5, 5.41) is 3.21. The van der Waals surface area contributed by atoms with Crippen LogP contribution in [0, 0.1) is 0 Å². The van der Waals surface area contributed by atoms with Gasteiger partial charge < -0.3 is 9.73 Å². The summed E-state index contributed by atoms with van der Waals surface area (Å²) in [6, 6.07) is 6.75. The summed E-state index contributed by atoms with van der Waals surface area (Å²) >= 11 is 5.94. The average Bonchev–Trinajstić information content (AvgIpc) is 2.87. The van der Waals surface area contributed by atoms with Crippen LogP contribution in [-0.2, 0) is 6.18 Å². The molecule has 1 heterocycles. The fourth-order valence-electron chi connectivity index (χ4n) is 2.03. The monoisotopic (exact) mass is 317 g/mol. The summed E-state index contributed by atoms with van der Waals surface area (Å²) in [5.74, 6) is 1.16. The van der Waals surface area contributed by atoms with Crippen LogP contribution in [0.2, 0.25) is 5.02 Å². The number of halogens is 4. The predicted molar refractivity (Wildman–Crippen MR) is 76.2 cm³/mol. The maximum absolute atomic E-state index is 12.6. The Balaban J connectivity index is 2.31. The van der Waals surface area contributed by atoms with Crippen molar-refractivity contribution in [2.45, 2.75) is 26.1 Å². The number of hydrogen-bond acceptors (Lipinski definition) is 2.